The molecule has 1 heterocycles. The fourth-order valence-corrected chi connectivity index (χ4v) is 3.51. The summed E-state index contributed by atoms with van der Waals surface area (Å²) in [5, 5.41) is 14.6. The summed E-state index contributed by atoms with van der Waals surface area (Å²) in [7, 11) is 0. The van der Waals surface area contributed by atoms with Crippen LogP contribution in [0.4, 0.5) is 0 Å². The number of aromatic nitrogens is 3. The van der Waals surface area contributed by atoms with Crippen LogP contribution in [-0.4, -0.2) is 39.9 Å². The molecule has 1 aromatic rings. The highest BCUT2D eigenvalue weighted by molar-refractivity contribution is 5.80. The van der Waals surface area contributed by atoms with Gasteiger partial charge in [-0.1, -0.05) is 13.8 Å². The van der Waals surface area contributed by atoms with Crippen LogP contribution in [0.3, 0.4) is 0 Å². The van der Waals surface area contributed by atoms with Gasteiger partial charge in [0.15, 0.2) is 5.96 Å². The first-order valence-corrected chi connectivity index (χ1v) is 9.04. The molecule has 130 valence electrons. The van der Waals surface area contributed by atoms with Crippen molar-refractivity contribution in [3.63, 3.8) is 0 Å². The molecule has 1 aliphatic rings. The van der Waals surface area contributed by atoms with E-state index in [0.29, 0.717) is 6.04 Å². The highest BCUT2D eigenvalue weighted by Crippen LogP contribution is 2.28. The summed E-state index contributed by atoms with van der Waals surface area (Å²) in [4.78, 5) is 4.73. The van der Waals surface area contributed by atoms with Crippen LogP contribution in [0.2, 0.25) is 0 Å². The number of rotatable bonds is 7. The summed E-state index contributed by atoms with van der Waals surface area (Å²) in [6, 6.07) is 0.559. The zero-order chi connectivity index (χ0) is 16.5. The van der Waals surface area contributed by atoms with E-state index in [-0.39, 0.29) is 0 Å². The Morgan fingerprint density at radius 2 is 1.83 bits per heavy atom. The maximum absolute atomic E-state index is 4.73. The van der Waals surface area contributed by atoms with Gasteiger partial charge in [0, 0.05) is 25.7 Å². The zero-order valence-electron chi connectivity index (χ0n) is 14.8. The lowest BCUT2D eigenvalue weighted by Gasteiger charge is -2.32. The van der Waals surface area contributed by atoms with Gasteiger partial charge in [-0.3, -0.25) is 4.99 Å². The van der Waals surface area contributed by atoms with Crippen LogP contribution in [0.25, 0.3) is 0 Å². The molecule has 0 spiro atoms. The third kappa shape index (κ3) is 6.59. The first kappa shape index (κ1) is 17.8. The Kier molecular flexibility index (Phi) is 7.36. The van der Waals surface area contributed by atoms with E-state index in [1.807, 2.05) is 4.57 Å². The number of hydrogen-bond donors (Lipinski definition) is 2. The van der Waals surface area contributed by atoms with Gasteiger partial charge in [-0.25, -0.2) is 0 Å². The Hall–Kier alpha value is -1.59. The van der Waals surface area contributed by atoms with E-state index in [2.05, 4.69) is 41.6 Å². The molecule has 1 saturated carbocycles. The van der Waals surface area contributed by atoms with Crippen LogP contribution in [0.15, 0.2) is 17.6 Å². The smallest absolute Gasteiger partial charge is 0.191 e. The molecule has 0 aromatic carbocycles. The van der Waals surface area contributed by atoms with E-state index < -0.39 is 0 Å². The van der Waals surface area contributed by atoms with Gasteiger partial charge < -0.3 is 15.2 Å². The fraction of sp³-hybridized carbons (Fsp3) is 0.824. The number of guanidine groups is 1. The van der Waals surface area contributed by atoms with E-state index in [1.54, 1.807) is 12.7 Å². The van der Waals surface area contributed by atoms with Crippen molar-refractivity contribution in [2.45, 2.75) is 65.5 Å². The van der Waals surface area contributed by atoms with Gasteiger partial charge >= 0.3 is 0 Å². The minimum Gasteiger partial charge on any atom is -0.357 e. The fourth-order valence-electron chi connectivity index (χ4n) is 3.51. The second kappa shape index (κ2) is 9.53. The topological polar surface area (TPSA) is 67.1 Å². The van der Waals surface area contributed by atoms with Crippen LogP contribution < -0.4 is 10.6 Å². The van der Waals surface area contributed by atoms with E-state index in [4.69, 9.17) is 4.99 Å². The molecule has 0 bridgehead atoms. The second-order valence-electron chi connectivity index (χ2n) is 6.93. The maximum atomic E-state index is 4.73. The number of hydrogen-bond acceptors (Lipinski definition) is 3. The van der Waals surface area contributed by atoms with Gasteiger partial charge in [0.2, 0.25) is 0 Å². The number of unbranched alkanes of at least 4 members (excludes halogenated alkanes) is 1. The van der Waals surface area contributed by atoms with Crippen molar-refractivity contribution in [2.24, 2.45) is 16.8 Å². The predicted molar refractivity (Wildman–Crippen MR) is 94.3 cm³/mol. The van der Waals surface area contributed by atoms with Crippen molar-refractivity contribution in [1.82, 2.24) is 25.4 Å². The van der Waals surface area contributed by atoms with Crippen LogP contribution in [0.1, 0.15) is 52.9 Å². The third-order valence-corrected chi connectivity index (χ3v) is 4.42. The molecule has 1 aliphatic carbocycles. The van der Waals surface area contributed by atoms with Crippen LogP contribution in [0.5, 0.6) is 0 Å². The normalized spacial score (nSPS) is 25.3. The minimum absolute atomic E-state index is 0.559. The van der Waals surface area contributed by atoms with Crippen molar-refractivity contribution in [3.05, 3.63) is 12.7 Å². The van der Waals surface area contributed by atoms with E-state index >= 15 is 0 Å². The highest BCUT2D eigenvalue weighted by Gasteiger charge is 2.24. The molecule has 2 atom stereocenters. The summed E-state index contributed by atoms with van der Waals surface area (Å²) in [5.74, 6) is 2.59. The van der Waals surface area contributed by atoms with E-state index in [1.165, 1.54) is 19.3 Å². The molecular formula is C17H32N6. The summed E-state index contributed by atoms with van der Waals surface area (Å²) < 4.78 is 2.01. The molecule has 2 N–H and O–H groups in total. The zero-order valence-corrected chi connectivity index (χ0v) is 14.8. The van der Waals surface area contributed by atoms with Crippen molar-refractivity contribution >= 4 is 5.96 Å². The highest BCUT2D eigenvalue weighted by atomic mass is 15.2. The molecular weight excluding hydrogens is 288 g/mol. The van der Waals surface area contributed by atoms with Crippen LogP contribution in [-0.2, 0) is 6.54 Å². The molecule has 0 amide bonds. The molecule has 0 aliphatic heterocycles. The van der Waals surface area contributed by atoms with Crippen molar-refractivity contribution in [3.8, 4) is 0 Å². The number of nitrogens with one attached hydrogen (secondary N) is 2. The van der Waals surface area contributed by atoms with Crippen molar-refractivity contribution in [1.29, 1.82) is 0 Å². The number of nitrogens with zero attached hydrogens (tertiary/aromatic N) is 4. The molecule has 23 heavy (non-hydrogen) atoms. The molecule has 1 fully saturated rings. The SMILES string of the molecule is CCNC(=NCCCCn1cnnc1)NC1CC(C)CC(C)C1. The Labute approximate surface area is 140 Å². The van der Waals surface area contributed by atoms with Gasteiger partial charge in [0.25, 0.3) is 0 Å². The second-order valence-corrected chi connectivity index (χ2v) is 6.93. The van der Waals surface area contributed by atoms with E-state index in [9.17, 15) is 0 Å². The average molecular weight is 320 g/mol. The van der Waals surface area contributed by atoms with Gasteiger partial charge in [-0.2, -0.15) is 0 Å². The van der Waals surface area contributed by atoms with E-state index in [0.717, 1.165) is 50.3 Å². The average Bonchev–Trinajstić information content (AvgIpc) is 2.99. The standard InChI is InChI=1S/C17H32N6/c1-4-18-17(22-16-10-14(2)9-15(3)11-16)19-7-5-6-8-23-12-20-21-13-23/h12-16H,4-11H2,1-3H3,(H2,18,19,22). The van der Waals surface area contributed by atoms with Gasteiger partial charge in [0.1, 0.15) is 12.7 Å². The maximum Gasteiger partial charge on any atom is 0.191 e. The Balaban J connectivity index is 1.73. The first-order valence-electron chi connectivity index (χ1n) is 9.04. The monoisotopic (exact) mass is 320 g/mol. The Bertz CT molecular complexity index is 446. The van der Waals surface area contributed by atoms with Crippen LogP contribution in [0, 0.1) is 11.8 Å². The Morgan fingerprint density at radius 1 is 1.13 bits per heavy atom. The van der Waals surface area contributed by atoms with Crippen LogP contribution >= 0.6 is 0 Å². The summed E-state index contributed by atoms with van der Waals surface area (Å²) in [6.45, 7) is 9.57. The largest absolute Gasteiger partial charge is 0.357 e. The third-order valence-electron chi connectivity index (χ3n) is 4.42. The van der Waals surface area contributed by atoms with Gasteiger partial charge in [-0.05, 0) is 50.9 Å². The number of aliphatic imine (C=N–C) groups is 1. The molecule has 2 rings (SSSR count). The molecule has 2 unspecified atom stereocenters. The summed E-state index contributed by atoms with van der Waals surface area (Å²) >= 11 is 0. The molecule has 6 heteroatoms. The minimum atomic E-state index is 0.559. The number of aryl methyl sites for hydroxylation is 1. The Morgan fingerprint density at radius 3 is 2.48 bits per heavy atom. The predicted octanol–water partition coefficient (Wildman–Crippen LogP) is 2.44. The summed E-state index contributed by atoms with van der Waals surface area (Å²) in [6.07, 6.45) is 9.56. The molecule has 1 aromatic heterocycles. The molecule has 0 radical (unpaired) electrons. The van der Waals surface area contributed by atoms with Crippen molar-refractivity contribution < 1.29 is 0 Å². The lowest BCUT2D eigenvalue weighted by atomic mass is 9.80. The summed E-state index contributed by atoms with van der Waals surface area (Å²) in [5.41, 5.74) is 0. The first-order chi connectivity index (χ1) is 11.2. The van der Waals surface area contributed by atoms with Crippen molar-refractivity contribution in [2.75, 3.05) is 13.1 Å². The van der Waals surface area contributed by atoms with Gasteiger partial charge in [-0.15, -0.1) is 10.2 Å². The molecule has 0 saturated heterocycles. The lowest BCUT2D eigenvalue weighted by molar-refractivity contribution is 0.255. The lowest BCUT2D eigenvalue weighted by Crippen LogP contribution is -2.46. The van der Waals surface area contributed by atoms with Gasteiger partial charge in [0.05, 0.1) is 0 Å². The quantitative estimate of drug-likeness (QED) is 0.460. The molecule has 6 nitrogen and oxygen atoms in total.